The van der Waals surface area contributed by atoms with Gasteiger partial charge in [0.25, 0.3) is 0 Å². The number of carbonyl (C=O) groups is 1. The number of hydrogen-bond donors (Lipinski definition) is 1. The SMILES string of the molecule is CCN(CC)[C@@H]1C(=O)N[C@H]1C#Cc1ccccc1. The summed E-state index contributed by atoms with van der Waals surface area (Å²) in [6, 6.07) is 9.71. The van der Waals surface area contributed by atoms with E-state index in [1.54, 1.807) is 0 Å². The maximum Gasteiger partial charge on any atom is 0.241 e. The third-order valence-corrected chi connectivity index (χ3v) is 3.23. The van der Waals surface area contributed by atoms with E-state index in [-0.39, 0.29) is 18.0 Å². The minimum Gasteiger partial charge on any atom is -0.339 e. The van der Waals surface area contributed by atoms with E-state index in [0.717, 1.165) is 18.7 Å². The molecule has 1 heterocycles. The second kappa shape index (κ2) is 5.70. The van der Waals surface area contributed by atoms with E-state index in [2.05, 4.69) is 35.9 Å². The fourth-order valence-electron chi connectivity index (χ4n) is 2.16. The Hall–Kier alpha value is -1.79. The van der Waals surface area contributed by atoms with Gasteiger partial charge in [0.2, 0.25) is 5.91 Å². The first kappa shape index (κ1) is 12.7. The lowest BCUT2D eigenvalue weighted by Gasteiger charge is -2.40. The van der Waals surface area contributed by atoms with E-state index in [1.165, 1.54) is 0 Å². The first-order chi connectivity index (χ1) is 8.76. The molecule has 0 spiro atoms. The van der Waals surface area contributed by atoms with Crippen LogP contribution in [-0.2, 0) is 4.79 Å². The van der Waals surface area contributed by atoms with Crippen molar-refractivity contribution in [1.82, 2.24) is 10.2 Å². The number of rotatable bonds is 3. The molecule has 3 heteroatoms. The number of nitrogens with one attached hydrogen (secondary N) is 1. The Morgan fingerprint density at radius 3 is 2.44 bits per heavy atom. The van der Waals surface area contributed by atoms with Crippen molar-refractivity contribution >= 4 is 5.91 Å². The molecule has 18 heavy (non-hydrogen) atoms. The van der Waals surface area contributed by atoms with Crippen molar-refractivity contribution in [3.05, 3.63) is 35.9 Å². The summed E-state index contributed by atoms with van der Waals surface area (Å²) < 4.78 is 0. The molecule has 94 valence electrons. The molecule has 0 bridgehead atoms. The fourth-order valence-corrected chi connectivity index (χ4v) is 2.16. The van der Waals surface area contributed by atoms with Crippen LogP contribution in [0.25, 0.3) is 0 Å². The molecule has 1 aliphatic heterocycles. The molecule has 0 radical (unpaired) electrons. The topological polar surface area (TPSA) is 32.3 Å². The van der Waals surface area contributed by atoms with Gasteiger partial charge in [-0.05, 0) is 25.2 Å². The molecule has 2 rings (SSSR count). The summed E-state index contributed by atoms with van der Waals surface area (Å²) in [6.07, 6.45) is 0. The van der Waals surface area contributed by atoms with Crippen LogP contribution < -0.4 is 5.32 Å². The van der Waals surface area contributed by atoms with Gasteiger partial charge in [-0.15, -0.1) is 0 Å². The van der Waals surface area contributed by atoms with Crippen LogP contribution in [0.15, 0.2) is 30.3 Å². The molecule has 3 nitrogen and oxygen atoms in total. The highest BCUT2D eigenvalue weighted by atomic mass is 16.2. The summed E-state index contributed by atoms with van der Waals surface area (Å²) in [5, 5.41) is 2.86. The zero-order chi connectivity index (χ0) is 13.0. The van der Waals surface area contributed by atoms with E-state index >= 15 is 0 Å². The predicted octanol–water partition coefficient (Wildman–Crippen LogP) is 1.25. The summed E-state index contributed by atoms with van der Waals surface area (Å²) in [5.74, 6) is 6.34. The van der Waals surface area contributed by atoms with Crippen molar-refractivity contribution in [1.29, 1.82) is 0 Å². The number of nitrogens with zero attached hydrogens (tertiary/aromatic N) is 1. The summed E-state index contributed by atoms with van der Waals surface area (Å²) in [7, 11) is 0. The molecule has 0 unspecified atom stereocenters. The molecule has 1 amide bonds. The average Bonchev–Trinajstić information content (AvgIpc) is 2.41. The van der Waals surface area contributed by atoms with Gasteiger partial charge in [-0.3, -0.25) is 9.69 Å². The monoisotopic (exact) mass is 242 g/mol. The molecule has 0 aliphatic carbocycles. The zero-order valence-corrected chi connectivity index (χ0v) is 10.8. The standard InChI is InChI=1S/C15H18N2O/c1-3-17(4-2)14-13(16-15(14)18)11-10-12-8-6-5-7-9-12/h5-9,13-14H,3-4H2,1-2H3,(H,16,18)/t13-,14-/m0/s1. The lowest BCUT2D eigenvalue weighted by atomic mass is 9.97. The van der Waals surface area contributed by atoms with Gasteiger partial charge in [0, 0.05) is 5.56 Å². The zero-order valence-electron chi connectivity index (χ0n) is 10.8. The van der Waals surface area contributed by atoms with Crippen LogP contribution >= 0.6 is 0 Å². The molecule has 0 saturated carbocycles. The quantitative estimate of drug-likeness (QED) is 0.639. The summed E-state index contributed by atoms with van der Waals surface area (Å²) in [6.45, 7) is 5.88. The van der Waals surface area contributed by atoms with Crippen LogP contribution in [0.2, 0.25) is 0 Å². The van der Waals surface area contributed by atoms with E-state index in [0.29, 0.717) is 0 Å². The highest BCUT2D eigenvalue weighted by Crippen LogP contribution is 2.13. The maximum atomic E-state index is 11.6. The molecule has 1 saturated heterocycles. The van der Waals surface area contributed by atoms with Gasteiger partial charge in [-0.25, -0.2) is 0 Å². The van der Waals surface area contributed by atoms with Crippen LogP contribution in [0.4, 0.5) is 0 Å². The number of benzene rings is 1. The van der Waals surface area contributed by atoms with Crippen molar-refractivity contribution in [2.45, 2.75) is 25.9 Å². The highest BCUT2D eigenvalue weighted by molar-refractivity contribution is 5.90. The number of hydrogen-bond acceptors (Lipinski definition) is 2. The van der Waals surface area contributed by atoms with Gasteiger partial charge in [0.1, 0.15) is 12.1 Å². The van der Waals surface area contributed by atoms with Gasteiger partial charge >= 0.3 is 0 Å². The molecular weight excluding hydrogens is 224 g/mol. The number of carbonyl (C=O) groups excluding carboxylic acids is 1. The molecule has 1 aromatic rings. The summed E-state index contributed by atoms with van der Waals surface area (Å²) >= 11 is 0. The third kappa shape index (κ3) is 2.55. The van der Waals surface area contributed by atoms with Gasteiger partial charge in [-0.1, -0.05) is 43.9 Å². The molecule has 1 aromatic carbocycles. The Morgan fingerprint density at radius 2 is 1.89 bits per heavy atom. The highest BCUT2D eigenvalue weighted by Gasteiger charge is 2.41. The first-order valence-corrected chi connectivity index (χ1v) is 6.37. The van der Waals surface area contributed by atoms with Crippen LogP contribution in [0.3, 0.4) is 0 Å². The summed E-state index contributed by atoms with van der Waals surface area (Å²) in [4.78, 5) is 13.7. The van der Waals surface area contributed by atoms with E-state index in [4.69, 9.17) is 0 Å². The van der Waals surface area contributed by atoms with Gasteiger partial charge in [-0.2, -0.15) is 0 Å². The van der Waals surface area contributed by atoms with Gasteiger partial charge in [0.15, 0.2) is 0 Å². The predicted molar refractivity (Wildman–Crippen MR) is 72.0 cm³/mol. The van der Waals surface area contributed by atoms with Crippen molar-refractivity contribution in [2.75, 3.05) is 13.1 Å². The van der Waals surface area contributed by atoms with Crippen LogP contribution in [0, 0.1) is 11.8 Å². The first-order valence-electron chi connectivity index (χ1n) is 6.37. The van der Waals surface area contributed by atoms with E-state index in [9.17, 15) is 4.79 Å². The van der Waals surface area contributed by atoms with Crippen LogP contribution in [-0.4, -0.2) is 36.0 Å². The van der Waals surface area contributed by atoms with Crippen molar-refractivity contribution in [3.8, 4) is 11.8 Å². The normalized spacial score (nSPS) is 21.8. The van der Waals surface area contributed by atoms with Crippen molar-refractivity contribution in [2.24, 2.45) is 0 Å². The van der Waals surface area contributed by atoms with Gasteiger partial charge in [0.05, 0.1) is 0 Å². The second-order valence-corrected chi connectivity index (χ2v) is 4.29. The van der Waals surface area contributed by atoms with E-state index in [1.807, 2.05) is 30.3 Å². The second-order valence-electron chi connectivity index (χ2n) is 4.29. The minimum absolute atomic E-state index is 0.0439. The number of amides is 1. The van der Waals surface area contributed by atoms with Crippen LogP contribution in [0.1, 0.15) is 19.4 Å². The molecule has 1 aliphatic rings. The van der Waals surface area contributed by atoms with E-state index < -0.39 is 0 Å². The number of β-lactam (4-membered cyclic amide) rings is 1. The smallest absolute Gasteiger partial charge is 0.241 e. The minimum atomic E-state index is -0.0868. The molecule has 2 atom stereocenters. The number of likely N-dealkylation sites (N-methyl/N-ethyl adjacent to an activating group) is 1. The Bertz CT molecular complexity index is 468. The van der Waals surface area contributed by atoms with Crippen molar-refractivity contribution < 1.29 is 4.79 Å². The lowest BCUT2D eigenvalue weighted by molar-refractivity contribution is -0.135. The van der Waals surface area contributed by atoms with Gasteiger partial charge < -0.3 is 5.32 Å². The fraction of sp³-hybridized carbons (Fsp3) is 0.400. The molecular formula is C15H18N2O. The molecule has 1 fully saturated rings. The molecule has 1 N–H and O–H groups in total. The Morgan fingerprint density at radius 1 is 1.22 bits per heavy atom. The third-order valence-electron chi connectivity index (χ3n) is 3.23. The lowest BCUT2D eigenvalue weighted by Crippen LogP contribution is -2.68. The maximum absolute atomic E-state index is 11.6. The average molecular weight is 242 g/mol. The Kier molecular flexibility index (Phi) is 4.01. The molecule has 0 aromatic heterocycles. The Labute approximate surface area is 108 Å². The Balaban J connectivity index is 2.07. The van der Waals surface area contributed by atoms with Crippen molar-refractivity contribution in [3.63, 3.8) is 0 Å². The summed E-state index contributed by atoms with van der Waals surface area (Å²) in [5.41, 5.74) is 0.983. The largest absolute Gasteiger partial charge is 0.339 e. The van der Waals surface area contributed by atoms with Crippen LogP contribution in [0.5, 0.6) is 0 Å².